The Labute approximate surface area is 287 Å². The van der Waals surface area contributed by atoms with Crippen LogP contribution in [-0.4, -0.2) is 12.1 Å². The summed E-state index contributed by atoms with van der Waals surface area (Å²) < 4.78 is 6.13. The van der Waals surface area contributed by atoms with Crippen molar-refractivity contribution in [3.63, 3.8) is 0 Å². The van der Waals surface area contributed by atoms with Crippen molar-refractivity contribution in [3.05, 3.63) is 11.6 Å². The Morgan fingerprint density at radius 2 is 1.46 bits per heavy atom. The molecule has 0 aliphatic heterocycles. The highest BCUT2D eigenvalue weighted by Gasteiger charge is 2.59. The molecule has 2 heteroatoms. The molecule has 0 bridgehead atoms. The minimum atomic E-state index is 0.0631. The van der Waals surface area contributed by atoms with Gasteiger partial charge in [0, 0.05) is 12.8 Å². The number of esters is 1. The molecule has 4 rings (SSSR count). The molecule has 9 atom stereocenters. The molecule has 9 unspecified atom stereocenters. The highest BCUT2D eigenvalue weighted by atomic mass is 16.5. The van der Waals surface area contributed by atoms with Crippen molar-refractivity contribution < 1.29 is 9.53 Å². The number of ether oxygens (including phenoxy) is 1. The lowest BCUT2D eigenvalue weighted by atomic mass is 9.47. The number of allylic oxidation sites excluding steroid dienone is 1. The molecule has 0 aromatic rings. The zero-order valence-electron chi connectivity index (χ0n) is 32.0. The van der Waals surface area contributed by atoms with Crippen LogP contribution >= 0.6 is 0 Å². The predicted octanol–water partition coefficient (Wildman–Crippen LogP) is 13.7. The Morgan fingerprint density at radius 1 is 0.804 bits per heavy atom. The number of hydrogen-bond donors (Lipinski definition) is 0. The van der Waals surface area contributed by atoms with Crippen LogP contribution in [0.4, 0.5) is 0 Å². The van der Waals surface area contributed by atoms with Crippen molar-refractivity contribution in [2.75, 3.05) is 0 Å². The van der Waals surface area contributed by atoms with E-state index in [0.717, 1.165) is 60.7 Å². The van der Waals surface area contributed by atoms with Gasteiger partial charge in [0.05, 0.1) is 0 Å². The first-order valence-electron chi connectivity index (χ1n) is 21.0. The van der Waals surface area contributed by atoms with E-state index in [2.05, 4.69) is 54.5 Å². The quantitative estimate of drug-likeness (QED) is 0.0753. The van der Waals surface area contributed by atoms with Gasteiger partial charge in [-0.05, 0) is 110 Å². The van der Waals surface area contributed by atoms with Gasteiger partial charge in [-0.3, -0.25) is 4.79 Å². The summed E-state index contributed by atoms with van der Waals surface area (Å²) >= 11 is 0. The molecule has 46 heavy (non-hydrogen) atoms. The number of carbonyl (C=O) groups is 1. The SMILES string of the molecule is CCCCCCCCCCCCCCC(=O)OC1CCC2(C)C(=CCC3C2CCC2(C)C(C(C)CCC(CC)C(C)C)CCC32)C1. The van der Waals surface area contributed by atoms with E-state index in [4.69, 9.17) is 4.74 Å². The Morgan fingerprint density at radius 3 is 2.09 bits per heavy atom. The molecule has 0 saturated heterocycles. The topological polar surface area (TPSA) is 26.3 Å². The smallest absolute Gasteiger partial charge is 0.306 e. The summed E-state index contributed by atoms with van der Waals surface area (Å²) in [6, 6.07) is 0. The minimum absolute atomic E-state index is 0.0631. The average molecular weight is 639 g/mol. The Balaban J connectivity index is 1.18. The molecule has 266 valence electrons. The lowest BCUT2D eigenvalue weighted by Crippen LogP contribution is -2.51. The molecule has 0 aromatic carbocycles. The van der Waals surface area contributed by atoms with Crippen LogP contribution < -0.4 is 0 Å². The van der Waals surface area contributed by atoms with Gasteiger partial charge in [-0.25, -0.2) is 0 Å². The van der Waals surface area contributed by atoms with Crippen molar-refractivity contribution in [3.8, 4) is 0 Å². The van der Waals surface area contributed by atoms with E-state index in [1.807, 2.05) is 0 Å². The molecular weight excluding hydrogens is 560 g/mol. The summed E-state index contributed by atoms with van der Waals surface area (Å²) in [6.45, 7) is 17.5. The van der Waals surface area contributed by atoms with E-state index in [9.17, 15) is 4.79 Å². The lowest BCUT2D eigenvalue weighted by Gasteiger charge is -2.58. The maximum Gasteiger partial charge on any atom is 0.306 e. The third-order valence-corrected chi connectivity index (χ3v) is 14.8. The Kier molecular flexibility index (Phi) is 15.1. The largest absolute Gasteiger partial charge is 0.462 e. The first-order chi connectivity index (χ1) is 22.1. The molecule has 0 heterocycles. The van der Waals surface area contributed by atoms with Crippen LogP contribution in [0.2, 0.25) is 0 Å². The Hall–Kier alpha value is -0.790. The van der Waals surface area contributed by atoms with Gasteiger partial charge in [0.15, 0.2) is 0 Å². The van der Waals surface area contributed by atoms with Crippen molar-refractivity contribution in [1.29, 1.82) is 0 Å². The molecule has 0 spiro atoms. The van der Waals surface area contributed by atoms with Crippen molar-refractivity contribution in [1.82, 2.24) is 0 Å². The number of rotatable bonds is 20. The molecule has 3 fully saturated rings. The highest BCUT2D eigenvalue weighted by molar-refractivity contribution is 5.69. The van der Waals surface area contributed by atoms with Crippen molar-refractivity contribution in [2.24, 2.45) is 52.3 Å². The third kappa shape index (κ3) is 9.46. The molecule has 0 radical (unpaired) electrons. The normalized spacial score (nSPS) is 33.6. The summed E-state index contributed by atoms with van der Waals surface area (Å²) in [5.74, 6) is 6.18. The first kappa shape index (κ1) is 38.0. The first-order valence-corrected chi connectivity index (χ1v) is 21.0. The second kappa shape index (κ2) is 18.3. The fourth-order valence-electron chi connectivity index (χ4n) is 11.7. The van der Waals surface area contributed by atoms with E-state index in [1.165, 1.54) is 128 Å². The maximum absolute atomic E-state index is 12.8. The fraction of sp³-hybridized carbons (Fsp3) is 0.932. The van der Waals surface area contributed by atoms with Crippen LogP contribution in [0.5, 0.6) is 0 Å². The van der Waals surface area contributed by atoms with E-state index < -0.39 is 0 Å². The van der Waals surface area contributed by atoms with Crippen molar-refractivity contribution in [2.45, 2.75) is 209 Å². The van der Waals surface area contributed by atoms with E-state index in [-0.39, 0.29) is 12.1 Å². The molecule has 0 aromatic heterocycles. The predicted molar refractivity (Wildman–Crippen MR) is 198 cm³/mol. The van der Waals surface area contributed by atoms with E-state index in [0.29, 0.717) is 17.3 Å². The lowest BCUT2D eigenvalue weighted by molar-refractivity contribution is -0.151. The maximum atomic E-state index is 12.8. The zero-order valence-corrected chi connectivity index (χ0v) is 32.0. The molecule has 4 aliphatic carbocycles. The summed E-state index contributed by atoms with van der Waals surface area (Å²) in [5.41, 5.74) is 2.52. The van der Waals surface area contributed by atoms with Gasteiger partial charge in [-0.1, -0.05) is 144 Å². The number of unbranched alkanes of at least 4 members (excludes halogenated alkanes) is 11. The van der Waals surface area contributed by atoms with Crippen molar-refractivity contribution >= 4 is 5.97 Å². The molecular formula is C44H78O2. The van der Waals surface area contributed by atoms with Gasteiger partial charge in [0.2, 0.25) is 0 Å². The number of carbonyl (C=O) groups excluding carboxylic acids is 1. The third-order valence-electron chi connectivity index (χ3n) is 14.8. The second-order valence-electron chi connectivity index (χ2n) is 17.9. The van der Waals surface area contributed by atoms with Crippen LogP contribution in [-0.2, 0) is 9.53 Å². The van der Waals surface area contributed by atoms with Crippen LogP contribution in [0.1, 0.15) is 203 Å². The molecule has 0 N–H and O–H groups in total. The van der Waals surface area contributed by atoms with Gasteiger partial charge in [0.1, 0.15) is 6.10 Å². The molecule has 4 aliphatic rings. The second-order valence-corrected chi connectivity index (χ2v) is 17.9. The number of fused-ring (bicyclic) bond motifs is 5. The molecule has 0 amide bonds. The summed E-state index contributed by atoms with van der Waals surface area (Å²) in [6.07, 6.45) is 33.9. The zero-order chi connectivity index (χ0) is 33.2. The van der Waals surface area contributed by atoms with Crippen LogP contribution in [0.15, 0.2) is 11.6 Å². The number of hydrogen-bond acceptors (Lipinski definition) is 2. The van der Waals surface area contributed by atoms with Gasteiger partial charge >= 0.3 is 5.97 Å². The average Bonchev–Trinajstić information content (AvgIpc) is 3.39. The highest BCUT2D eigenvalue weighted by Crippen LogP contribution is 2.67. The van der Waals surface area contributed by atoms with E-state index in [1.54, 1.807) is 5.57 Å². The summed E-state index contributed by atoms with van der Waals surface area (Å²) in [5, 5.41) is 0. The van der Waals surface area contributed by atoms with Crippen LogP contribution in [0.25, 0.3) is 0 Å². The summed E-state index contributed by atoms with van der Waals surface area (Å²) in [4.78, 5) is 12.8. The van der Waals surface area contributed by atoms with Gasteiger partial charge < -0.3 is 4.74 Å². The van der Waals surface area contributed by atoms with Gasteiger partial charge in [-0.15, -0.1) is 0 Å². The Bertz CT molecular complexity index is 934. The van der Waals surface area contributed by atoms with Gasteiger partial charge in [-0.2, -0.15) is 0 Å². The molecule has 2 nitrogen and oxygen atoms in total. The molecule has 3 saturated carbocycles. The standard InChI is InChI=1S/C44H78O2/c1-8-10-11-12-13-14-15-16-17-18-19-20-21-42(45)46-37-28-30-43(6)36(32-37)24-25-38-40-27-26-39(44(40,7)31-29-41(38)43)34(5)22-23-35(9-2)33(3)4/h24,33-35,37-41H,8-23,25-32H2,1-7H3. The minimum Gasteiger partial charge on any atom is -0.462 e. The fourth-order valence-corrected chi connectivity index (χ4v) is 11.7. The van der Waals surface area contributed by atoms with Crippen LogP contribution in [0.3, 0.4) is 0 Å². The van der Waals surface area contributed by atoms with Crippen LogP contribution in [0, 0.1) is 52.3 Å². The monoisotopic (exact) mass is 639 g/mol. The van der Waals surface area contributed by atoms with E-state index >= 15 is 0 Å². The summed E-state index contributed by atoms with van der Waals surface area (Å²) in [7, 11) is 0. The van der Waals surface area contributed by atoms with Gasteiger partial charge in [0.25, 0.3) is 0 Å².